The molecule has 0 atom stereocenters. The van der Waals surface area contributed by atoms with Crippen LogP contribution in [0.5, 0.6) is 0 Å². The van der Waals surface area contributed by atoms with Gasteiger partial charge < -0.3 is 10.0 Å². The van der Waals surface area contributed by atoms with Gasteiger partial charge >= 0.3 is 5.97 Å². The molecule has 1 amide bonds. The van der Waals surface area contributed by atoms with Crippen LogP contribution in [0.3, 0.4) is 0 Å². The number of aliphatic carboxylic acids is 1. The van der Waals surface area contributed by atoms with Crippen molar-refractivity contribution in [1.82, 2.24) is 14.9 Å². The van der Waals surface area contributed by atoms with E-state index in [-0.39, 0.29) is 18.2 Å². The number of carbonyl (C=O) groups is 2. The van der Waals surface area contributed by atoms with Crippen LogP contribution in [0.4, 0.5) is 0 Å². The number of carbonyl (C=O) groups excluding carboxylic acids is 1. The van der Waals surface area contributed by atoms with E-state index < -0.39 is 5.97 Å². The zero-order chi connectivity index (χ0) is 17.3. The predicted octanol–water partition coefficient (Wildman–Crippen LogP) is 2.57. The molecule has 1 saturated heterocycles. The summed E-state index contributed by atoms with van der Waals surface area (Å²) in [6.07, 6.45) is 1.67. The largest absolute Gasteiger partial charge is 0.481 e. The Balaban J connectivity index is 1.75. The van der Waals surface area contributed by atoms with Gasteiger partial charge in [0.2, 0.25) is 0 Å². The number of amides is 1. The highest BCUT2D eigenvalue weighted by Crippen LogP contribution is 2.23. The molecule has 1 aromatic heterocycles. The second-order valence-corrected chi connectivity index (χ2v) is 6.43. The van der Waals surface area contributed by atoms with Gasteiger partial charge in [0.25, 0.3) is 5.91 Å². The zero-order valence-electron chi connectivity index (χ0n) is 14.0. The number of hydrogen-bond donors (Lipinski definition) is 1. The van der Waals surface area contributed by atoms with Gasteiger partial charge in [0.1, 0.15) is 0 Å². The summed E-state index contributed by atoms with van der Waals surface area (Å²) in [6, 6.07) is 5.41. The third-order valence-corrected chi connectivity index (χ3v) is 4.69. The lowest BCUT2D eigenvalue weighted by molar-refractivity contribution is -0.138. The molecule has 2 aromatic rings. The minimum absolute atomic E-state index is 0.0225. The summed E-state index contributed by atoms with van der Waals surface area (Å²) in [5, 5.41) is 8.87. The first-order chi connectivity index (χ1) is 11.4. The minimum atomic E-state index is -0.765. The quantitative estimate of drug-likeness (QED) is 0.937. The van der Waals surface area contributed by atoms with Crippen LogP contribution in [0, 0.1) is 19.8 Å². The molecule has 6 heteroatoms. The number of benzene rings is 1. The number of carboxylic acids is 1. The first-order valence-electron chi connectivity index (χ1n) is 8.20. The number of aryl methyl sites for hydroxylation is 2. The van der Waals surface area contributed by atoms with Crippen LogP contribution in [-0.2, 0) is 4.79 Å². The van der Waals surface area contributed by atoms with E-state index in [2.05, 4.69) is 9.97 Å². The summed E-state index contributed by atoms with van der Waals surface area (Å²) < 4.78 is 0. The summed E-state index contributed by atoms with van der Waals surface area (Å²) in [7, 11) is 0. The molecule has 1 aliphatic heterocycles. The third kappa shape index (κ3) is 3.37. The molecule has 1 aromatic carbocycles. The maximum absolute atomic E-state index is 12.7. The molecule has 3 rings (SSSR count). The van der Waals surface area contributed by atoms with Gasteiger partial charge in [0.05, 0.1) is 22.4 Å². The highest BCUT2D eigenvalue weighted by molar-refractivity contribution is 5.97. The Kier molecular flexibility index (Phi) is 4.46. The van der Waals surface area contributed by atoms with Crippen molar-refractivity contribution in [1.29, 1.82) is 0 Å². The fraction of sp³-hybridized carbons (Fsp3) is 0.444. The molecule has 2 heterocycles. The molecule has 0 aliphatic carbocycles. The van der Waals surface area contributed by atoms with Crippen LogP contribution < -0.4 is 0 Å². The van der Waals surface area contributed by atoms with Crippen molar-refractivity contribution in [2.24, 2.45) is 5.92 Å². The van der Waals surface area contributed by atoms with Gasteiger partial charge in [-0.1, -0.05) is 0 Å². The number of carboxylic acid groups (broad SMARTS) is 1. The molecule has 6 nitrogen and oxygen atoms in total. The normalized spacial score (nSPS) is 15.7. The van der Waals surface area contributed by atoms with Crippen molar-refractivity contribution in [3.05, 3.63) is 35.2 Å². The molecule has 0 unspecified atom stereocenters. The van der Waals surface area contributed by atoms with Crippen LogP contribution in [0.25, 0.3) is 11.0 Å². The average Bonchev–Trinajstić information content (AvgIpc) is 2.55. The Morgan fingerprint density at radius 3 is 2.38 bits per heavy atom. The number of piperidine rings is 1. The number of rotatable bonds is 3. The van der Waals surface area contributed by atoms with Crippen molar-refractivity contribution in [3.63, 3.8) is 0 Å². The standard InChI is InChI=1S/C18H21N3O3/c1-11-12(2)20-16-10-14(3-4-15(16)19-11)18(24)21-7-5-13(6-8-21)9-17(22)23/h3-4,10,13H,5-9H2,1-2H3,(H,22,23). The van der Waals surface area contributed by atoms with E-state index >= 15 is 0 Å². The van der Waals surface area contributed by atoms with Gasteiger partial charge in [-0.3, -0.25) is 9.59 Å². The Morgan fingerprint density at radius 2 is 1.75 bits per heavy atom. The SMILES string of the molecule is Cc1nc2ccc(C(=O)N3CCC(CC(=O)O)CC3)cc2nc1C. The van der Waals surface area contributed by atoms with Gasteiger partial charge in [-0.25, -0.2) is 9.97 Å². The van der Waals surface area contributed by atoms with Crippen molar-refractivity contribution >= 4 is 22.9 Å². The molecule has 24 heavy (non-hydrogen) atoms. The fourth-order valence-corrected chi connectivity index (χ4v) is 3.13. The zero-order valence-corrected chi connectivity index (χ0v) is 14.0. The van der Waals surface area contributed by atoms with E-state index in [1.807, 2.05) is 19.9 Å². The Hall–Kier alpha value is -2.50. The Bertz CT molecular complexity index is 795. The molecule has 1 N–H and O–H groups in total. The smallest absolute Gasteiger partial charge is 0.303 e. The summed E-state index contributed by atoms with van der Waals surface area (Å²) in [6.45, 7) is 5.03. The second kappa shape index (κ2) is 6.55. The highest BCUT2D eigenvalue weighted by atomic mass is 16.4. The minimum Gasteiger partial charge on any atom is -0.481 e. The fourth-order valence-electron chi connectivity index (χ4n) is 3.13. The number of aromatic nitrogens is 2. The maximum Gasteiger partial charge on any atom is 0.303 e. The lowest BCUT2D eigenvalue weighted by Crippen LogP contribution is -2.38. The second-order valence-electron chi connectivity index (χ2n) is 6.43. The number of nitrogens with zero attached hydrogens (tertiary/aromatic N) is 3. The van der Waals surface area contributed by atoms with E-state index in [0.29, 0.717) is 18.7 Å². The third-order valence-electron chi connectivity index (χ3n) is 4.69. The van der Waals surface area contributed by atoms with Gasteiger partial charge in [-0.15, -0.1) is 0 Å². The summed E-state index contributed by atoms with van der Waals surface area (Å²) in [4.78, 5) is 34.3. The van der Waals surface area contributed by atoms with E-state index in [4.69, 9.17) is 5.11 Å². The van der Waals surface area contributed by atoms with Gasteiger partial charge in [-0.2, -0.15) is 0 Å². The number of fused-ring (bicyclic) bond motifs is 1. The van der Waals surface area contributed by atoms with Crippen molar-refractivity contribution in [3.8, 4) is 0 Å². The van der Waals surface area contributed by atoms with E-state index in [1.165, 1.54) is 0 Å². The topological polar surface area (TPSA) is 83.4 Å². The lowest BCUT2D eigenvalue weighted by Gasteiger charge is -2.31. The van der Waals surface area contributed by atoms with Crippen LogP contribution in [0.1, 0.15) is 41.0 Å². The summed E-state index contributed by atoms with van der Waals surface area (Å²) in [5.41, 5.74) is 3.87. The molecule has 0 saturated carbocycles. The molecule has 0 bridgehead atoms. The van der Waals surface area contributed by atoms with Crippen molar-refractivity contribution < 1.29 is 14.7 Å². The average molecular weight is 327 g/mol. The molecular formula is C18H21N3O3. The molecule has 0 spiro atoms. The van der Waals surface area contributed by atoms with Gasteiger partial charge in [-0.05, 0) is 50.8 Å². The van der Waals surface area contributed by atoms with Crippen molar-refractivity contribution in [2.45, 2.75) is 33.1 Å². The first-order valence-corrected chi connectivity index (χ1v) is 8.20. The van der Waals surface area contributed by atoms with Crippen LogP contribution in [0.15, 0.2) is 18.2 Å². The molecule has 1 aliphatic rings. The van der Waals surface area contributed by atoms with E-state index in [0.717, 1.165) is 35.3 Å². The summed E-state index contributed by atoms with van der Waals surface area (Å²) >= 11 is 0. The molecule has 0 radical (unpaired) electrons. The van der Waals surface area contributed by atoms with Crippen molar-refractivity contribution in [2.75, 3.05) is 13.1 Å². The predicted molar refractivity (Wildman–Crippen MR) is 89.9 cm³/mol. The van der Waals surface area contributed by atoms with Gasteiger partial charge in [0.15, 0.2) is 0 Å². The van der Waals surface area contributed by atoms with E-state index in [1.54, 1.807) is 17.0 Å². The molecule has 126 valence electrons. The first kappa shape index (κ1) is 16.4. The van der Waals surface area contributed by atoms with Crippen LogP contribution in [0.2, 0.25) is 0 Å². The lowest BCUT2D eigenvalue weighted by atomic mass is 9.93. The maximum atomic E-state index is 12.7. The number of hydrogen-bond acceptors (Lipinski definition) is 4. The monoisotopic (exact) mass is 327 g/mol. The molecule has 1 fully saturated rings. The van der Waals surface area contributed by atoms with Gasteiger partial charge in [0, 0.05) is 25.1 Å². The summed E-state index contributed by atoms with van der Waals surface area (Å²) in [5.74, 6) is -0.621. The Morgan fingerprint density at radius 1 is 1.12 bits per heavy atom. The Labute approximate surface area is 140 Å². The van der Waals surface area contributed by atoms with E-state index in [9.17, 15) is 9.59 Å². The number of likely N-dealkylation sites (tertiary alicyclic amines) is 1. The highest BCUT2D eigenvalue weighted by Gasteiger charge is 2.25. The van der Waals surface area contributed by atoms with Crippen LogP contribution >= 0.6 is 0 Å². The molecular weight excluding hydrogens is 306 g/mol. The van der Waals surface area contributed by atoms with Crippen LogP contribution in [-0.4, -0.2) is 44.9 Å².